The summed E-state index contributed by atoms with van der Waals surface area (Å²) in [6, 6.07) is -1.18. The number of unbranched alkanes of at least 4 members (excludes halogenated alkanes) is 24. The van der Waals surface area contributed by atoms with Gasteiger partial charge in [-0.15, -0.1) is 29.2 Å². The van der Waals surface area contributed by atoms with Gasteiger partial charge in [-0.25, -0.2) is 4.79 Å². The second kappa shape index (κ2) is 81.6. The van der Waals surface area contributed by atoms with E-state index in [4.69, 9.17) is 10.2 Å². The van der Waals surface area contributed by atoms with E-state index in [1.165, 1.54) is 88.6 Å². The van der Waals surface area contributed by atoms with Gasteiger partial charge >= 0.3 is 48.4 Å². The molecule has 0 fully saturated rings. The molecule has 0 aliphatic rings. The first-order chi connectivity index (χ1) is 54.5. The minimum absolute atomic E-state index is 0. The van der Waals surface area contributed by atoms with Crippen LogP contribution in [-0.4, -0.2) is 172 Å². The van der Waals surface area contributed by atoms with E-state index in [-0.39, 0.29) is 200 Å². The van der Waals surface area contributed by atoms with Crippen molar-refractivity contribution in [3.63, 3.8) is 0 Å². The van der Waals surface area contributed by atoms with E-state index in [1.54, 1.807) is 62.6 Å². The van der Waals surface area contributed by atoms with Gasteiger partial charge in [-0.1, -0.05) is 230 Å². The normalized spacial score (nSPS) is 13.1. The summed E-state index contributed by atoms with van der Waals surface area (Å²) < 4.78 is 0. The number of carboxylic acid groups (broad SMARTS) is 5. The Morgan fingerprint density at radius 2 is 0.692 bits per heavy atom. The minimum Gasteiger partial charge on any atom is -0.693 e. The number of hydrogen-bond donors (Lipinski definition) is 9. The molecule has 0 aromatic heterocycles. The van der Waals surface area contributed by atoms with E-state index in [0.717, 1.165) is 140 Å². The van der Waals surface area contributed by atoms with Crippen molar-refractivity contribution in [2.75, 3.05) is 47.6 Å². The monoisotopic (exact) mass is 1840 g/mol. The van der Waals surface area contributed by atoms with Crippen molar-refractivity contribution in [1.29, 1.82) is 0 Å². The van der Waals surface area contributed by atoms with E-state index in [1.807, 2.05) is 20.8 Å². The number of amides is 3. The van der Waals surface area contributed by atoms with Gasteiger partial charge in [0.2, 0.25) is 17.7 Å². The van der Waals surface area contributed by atoms with E-state index >= 15 is 0 Å². The molecule has 691 valence electrons. The van der Waals surface area contributed by atoms with Gasteiger partial charge in [0.1, 0.15) is 40.7 Å². The van der Waals surface area contributed by atoms with Crippen LogP contribution in [0.3, 0.4) is 0 Å². The Labute approximate surface area is 752 Å². The molecule has 0 aromatic rings. The second-order valence-corrected chi connectivity index (χ2v) is 38.6. The molecule has 0 heterocycles. The summed E-state index contributed by atoms with van der Waals surface area (Å²) in [7, 11) is 9.13. The summed E-state index contributed by atoms with van der Waals surface area (Å²) in [6.45, 7) is 16.2. The van der Waals surface area contributed by atoms with Crippen molar-refractivity contribution in [2.24, 2.45) is 47.3 Å². The predicted octanol–water partition coefficient (Wildman–Crippen LogP) is 20.7. The number of carbonyl (C=O) groups is 16. The van der Waals surface area contributed by atoms with E-state index in [2.05, 4.69) is 28.6 Å². The largest absolute Gasteiger partial charge is 2.00 e. The molecule has 9 atom stereocenters. The van der Waals surface area contributed by atoms with Crippen molar-refractivity contribution < 1.29 is 132 Å². The Morgan fingerprint density at radius 1 is 0.342 bits per heavy atom. The summed E-state index contributed by atoms with van der Waals surface area (Å²) in [6.07, 6.45) is 31.5. The van der Waals surface area contributed by atoms with Gasteiger partial charge in [-0.05, 0) is 97.7 Å². The number of thiol groups is 1. The molecule has 1 radical (unpaired) electrons. The quantitative estimate of drug-likeness (QED) is 0.0118. The maximum absolute atomic E-state index is 12.9. The van der Waals surface area contributed by atoms with Gasteiger partial charge < -0.3 is 58.8 Å². The number of ketones is 7. The van der Waals surface area contributed by atoms with Crippen LogP contribution in [0.1, 0.15) is 337 Å². The van der Waals surface area contributed by atoms with E-state index in [9.17, 15) is 92.0 Å². The van der Waals surface area contributed by atoms with Crippen LogP contribution in [-0.2, 0) is 95.3 Å². The standard InChI is InChI=1S/C45H76N2O12S5.C30H53NO7.C9H15O2S2.H2N.V.8H2/c1-31(28-62-64-30-36(34(4)48)26-39(50)32(2)27-61-63-29-33(3)45(59)60)38(49)25-35(43(55)56)19-17-18-24-46-40(51)23-22-37(44(57)58)47-41(52)20-15-13-11-9-7-5-6-8-10-12-14-16-21-42(53)54;1-24(25(2)32)17-15-16-22-31-28(34)21-20-26(30(37)38)23-27(33)18-13-11-9-7-5-3-4-6-8-10-12-14-19-29(35)36;1-7(9(3)11)6-13-12-5-4-8(2)10;;;;;;;;;;/h31-33,35-37H,5-30H2,1-4H3,(H,46,51)(H,47,52)(H,53,54)(H,55,56)(H,57,58)(H,59,60);24,26H,3-23H2,1-2H3,(H,31,34)(H,35,36)(H,37,38);4,7H,5-6H2,1-3H3;1H2;;8*1H/q;;2*-1;+2;;;;;;;;/t31-,32-,33-,35+,36-,37-;24-,26+;7-;;;;;;;;;;/m000........../s1. The van der Waals surface area contributed by atoms with Gasteiger partial charge in [0, 0.05) is 147 Å². The average Bonchev–Trinajstić information content (AvgIpc) is 0.915. The molecule has 33 heteroatoms. The van der Waals surface area contributed by atoms with Crippen LogP contribution in [0, 0.1) is 53.8 Å². The topological polar surface area (TPSA) is 444 Å². The molecule has 10 N–H and O–H groups in total. The van der Waals surface area contributed by atoms with Gasteiger partial charge in [0.25, 0.3) is 0 Å². The molecule has 0 rings (SSSR count). The van der Waals surface area contributed by atoms with Crippen LogP contribution in [0.5, 0.6) is 0 Å². The number of hydrogen-bond acceptors (Lipinski definition) is 22. The molecule has 3 amide bonds. The van der Waals surface area contributed by atoms with Crippen LogP contribution in [0.15, 0.2) is 0 Å². The smallest absolute Gasteiger partial charge is 0.693 e. The van der Waals surface area contributed by atoms with Gasteiger partial charge in [-0.2, -0.15) is 0 Å². The number of carbonyl (C=O) groups excluding carboxylic acids is 11. The number of nitrogens with two attached hydrogens (primary N) is 1. The van der Waals surface area contributed by atoms with Crippen LogP contribution in [0.2, 0.25) is 0 Å². The molecule has 0 saturated carbocycles. The third-order valence-electron chi connectivity index (χ3n) is 19.6. The second-order valence-electron chi connectivity index (χ2n) is 30.5. The Balaban J connectivity index is -0.000000159. The summed E-state index contributed by atoms with van der Waals surface area (Å²) in [5.41, 5.74) is 0. The molecular weight excluding hydrogens is 1680 g/mol. The van der Waals surface area contributed by atoms with Gasteiger partial charge in [0.15, 0.2) is 5.12 Å². The maximum atomic E-state index is 12.9. The number of aliphatic carboxylic acids is 5. The molecule has 0 spiro atoms. The molecule has 0 aliphatic heterocycles. The number of carboxylic acids is 5. The zero-order valence-electron chi connectivity index (χ0n) is 71.6. The summed E-state index contributed by atoms with van der Waals surface area (Å²) in [4.78, 5) is 187. The van der Waals surface area contributed by atoms with E-state index < -0.39 is 59.6 Å². The summed E-state index contributed by atoms with van der Waals surface area (Å²) >= 11 is 3.84. The van der Waals surface area contributed by atoms with Crippen molar-refractivity contribution in [3.05, 3.63) is 12.6 Å². The third kappa shape index (κ3) is 80.2. The van der Waals surface area contributed by atoms with E-state index in [0.29, 0.717) is 55.2 Å². The number of Topliss-reactive ketones (excluding diaryl/α,β-unsaturated/α-hetero) is 7. The molecule has 0 unspecified atom stereocenters. The Hall–Kier alpha value is -4.02. The maximum Gasteiger partial charge on any atom is 2.00 e. The molecule has 0 bridgehead atoms. The zero-order chi connectivity index (χ0) is 87.2. The molecule has 25 nitrogen and oxygen atoms in total. The molecule has 117 heavy (non-hydrogen) atoms. The van der Waals surface area contributed by atoms with Crippen LogP contribution >= 0.6 is 77.4 Å². The minimum atomic E-state index is -1.21. The zero-order valence-corrected chi connectivity index (χ0v) is 78.8. The van der Waals surface area contributed by atoms with Gasteiger partial charge in [-0.3, -0.25) is 67.1 Å². The molecular formula is C84H162N4O21S7V. The third-order valence-corrected chi connectivity index (χ3v) is 27.9. The fraction of sp³-hybridized carbons (Fsp3) is 0.798. The fourth-order valence-corrected chi connectivity index (χ4v) is 19.3. The first-order valence-corrected chi connectivity index (χ1v) is 49.8. The fourth-order valence-electron chi connectivity index (χ4n) is 11.2. The van der Waals surface area contributed by atoms with Crippen LogP contribution in [0.25, 0.3) is 6.15 Å². The van der Waals surface area contributed by atoms with Gasteiger partial charge in [0.05, 0.1) is 11.8 Å². The first kappa shape index (κ1) is 122. The molecule has 0 aliphatic carbocycles. The molecule has 0 aromatic carbocycles. The van der Waals surface area contributed by atoms with Crippen molar-refractivity contribution in [2.45, 2.75) is 332 Å². The first-order valence-electron chi connectivity index (χ1n) is 41.8. The molecule has 0 saturated heterocycles. The van der Waals surface area contributed by atoms with Crippen molar-refractivity contribution in [3.8, 4) is 0 Å². The number of rotatable bonds is 78. The number of nitrogens with one attached hydrogen (secondary N) is 3. The Bertz CT molecular complexity index is 2860. The summed E-state index contributed by atoms with van der Waals surface area (Å²) in [5, 5.41) is 53.9. The average molecular weight is 1840 g/mol. The Morgan fingerprint density at radius 3 is 1.08 bits per heavy atom. The van der Waals surface area contributed by atoms with Crippen molar-refractivity contribution >= 4 is 171 Å². The van der Waals surface area contributed by atoms with Crippen molar-refractivity contribution in [1.82, 2.24) is 16.0 Å². The summed E-state index contributed by atoms with van der Waals surface area (Å²) in [5.74, 6) is -4.71. The Kier molecular flexibility index (Phi) is 84.8. The SMILES string of the molecule is CC(=O)[C@@H](C)CCCCNC(=O)CC[C@H](CC(=O)CCCCCCCCCCCCCCC(=O)O)C(=O)O.CC(=O)[C@H](CSSC[C@H](C)C(=O)C[C@@H](CCCCNC(=O)CC[C@H](NC(=O)CCCCCCCCCCCCCCC(=O)O)C(=O)O)C(=O)O)CC(=O)[C@@H](C)CSSC[C@H](C)C(=O)S.CC(=O)[CH-]CSSC[C@H](C)C(C)=O.[HH].[HH].[HH].[HH].[HH].[HH].[HH].[HH].[NH2-].[V+2]. The predicted molar refractivity (Wildman–Crippen MR) is 495 cm³/mol. The van der Waals surface area contributed by atoms with Crippen LogP contribution in [0.4, 0.5) is 0 Å². The van der Waals surface area contributed by atoms with Crippen LogP contribution < -0.4 is 16.0 Å².